The fourth-order valence-corrected chi connectivity index (χ4v) is 3.25. The number of aromatic nitrogens is 3. The van der Waals surface area contributed by atoms with E-state index in [1.165, 1.54) is 0 Å². The highest BCUT2D eigenvalue weighted by Gasteiger charge is 2.14. The Bertz CT molecular complexity index is 1190. The molecule has 0 aliphatic carbocycles. The number of Topliss-reactive ketones (excluding diaryl/α,β-unsaturated/α-hetero) is 1. The Morgan fingerprint density at radius 1 is 1.10 bits per heavy atom. The van der Waals surface area contributed by atoms with E-state index in [0.29, 0.717) is 54.4 Å². The number of carbonyl (C=O) groups excluding carboxylic acids is 2. The Morgan fingerprint density at radius 3 is 2.73 bits per heavy atom. The Hall–Kier alpha value is -3.68. The quantitative estimate of drug-likeness (QED) is 0.340. The fraction of sp³-hybridized carbons (Fsp3) is 0.273. The molecule has 0 aliphatic heterocycles. The number of hydrogen-bond donors (Lipinski definition) is 2. The number of carbonyl (C=O) groups is 2. The fourth-order valence-electron chi connectivity index (χ4n) is 3.25. The van der Waals surface area contributed by atoms with Crippen LogP contribution in [-0.2, 0) is 11.8 Å². The lowest BCUT2D eigenvalue weighted by molar-refractivity contribution is -0.120. The number of amides is 1. The molecule has 0 bridgehead atoms. The van der Waals surface area contributed by atoms with Gasteiger partial charge in [-0.25, -0.2) is 4.98 Å². The summed E-state index contributed by atoms with van der Waals surface area (Å²) in [6, 6.07) is 13.4. The number of anilines is 2. The summed E-state index contributed by atoms with van der Waals surface area (Å²) in [6.07, 6.45) is 1.43. The van der Waals surface area contributed by atoms with Gasteiger partial charge in [0.25, 0.3) is 0 Å². The minimum Gasteiger partial charge on any atom is -0.423 e. The van der Waals surface area contributed by atoms with Crippen LogP contribution in [0.1, 0.15) is 36.5 Å². The van der Waals surface area contributed by atoms with E-state index in [0.717, 1.165) is 11.0 Å². The molecule has 8 heteroatoms. The Kier molecular flexibility index (Phi) is 5.47. The number of imidazole rings is 1. The smallest absolute Gasteiger partial charge is 0.302 e. The van der Waals surface area contributed by atoms with Crippen molar-refractivity contribution in [1.29, 1.82) is 0 Å². The van der Waals surface area contributed by atoms with Gasteiger partial charge in [0, 0.05) is 32.0 Å². The van der Waals surface area contributed by atoms with E-state index >= 15 is 0 Å². The molecule has 2 heterocycles. The van der Waals surface area contributed by atoms with Crippen molar-refractivity contribution in [2.24, 2.45) is 7.05 Å². The van der Waals surface area contributed by atoms with Crippen LogP contribution >= 0.6 is 0 Å². The number of para-hydroxylation sites is 2. The molecule has 154 valence electrons. The van der Waals surface area contributed by atoms with E-state index in [4.69, 9.17) is 4.42 Å². The molecule has 0 atom stereocenters. The normalized spacial score (nSPS) is 11.1. The maximum atomic E-state index is 12.5. The molecule has 8 nitrogen and oxygen atoms in total. The molecule has 30 heavy (non-hydrogen) atoms. The molecular formula is C22H23N5O3. The average molecular weight is 405 g/mol. The van der Waals surface area contributed by atoms with E-state index < -0.39 is 0 Å². The summed E-state index contributed by atoms with van der Waals surface area (Å²) in [7, 11) is 1.89. The van der Waals surface area contributed by atoms with Crippen molar-refractivity contribution in [3.05, 3.63) is 48.0 Å². The van der Waals surface area contributed by atoms with Crippen molar-refractivity contribution in [2.75, 3.05) is 11.9 Å². The molecule has 0 radical (unpaired) electrons. The van der Waals surface area contributed by atoms with Gasteiger partial charge in [0.15, 0.2) is 11.4 Å². The number of ketones is 1. The van der Waals surface area contributed by atoms with Gasteiger partial charge in [0.05, 0.1) is 11.0 Å². The number of nitrogens with zero attached hydrogens (tertiary/aromatic N) is 3. The molecule has 0 fully saturated rings. The maximum Gasteiger partial charge on any atom is 0.302 e. The van der Waals surface area contributed by atoms with Crippen molar-refractivity contribution in [3.63, 3.8) is 0 Å². The molecule has 1 amide bonds. The van der Waals surface area contributed by atoms with Gasteiger partial charge in [-0.15, -0.1) is 0 Å². The summed E-state index contributed by atoms with van der Waals surface area (Å²) >= 11 is 0. The van der Waals surface area contributed by atoms with Crippen LogP contribution in [0.5, 0.6) is 0 Å². The topological polar surface area (TPSA) is 102 Å². The Labute approximate surface area is 173 Å². The Balaban J connectivity index is 1.48. The van der Waals surface area contributed by atoms with Gasteiger partial charge in [0.2, 0.25) is 11.9 Å². The van der Waals surface area contributed by atoms with Crippen LogP contribution in [-0.4, -0.2) is 32.8 Å². The number of oxazole rings is 1. The number of rotatable bonds is 8. The van der Waals surface area contributed by atoms with Gasteiger partial charge >= 0.3 is 6.01 Å². The summed E-state index contributed by atoms with van der Waals surface area (Å²) in [5.74, 6) is 0.599. The lowest BCUT2D eigenvalue weighted by atomic mass is 10.1. The summed E-state index contributed by atoms with van der Waals surface area (Å²) < 4.78 is 7.59. The third kappa shape index (κ3) is 4.03. The first-order valence-corrected chi connectivity index (χ1v) is 9.94. The van der Waals surface area contributed by atoms with Crippen molar-refractivity contribution in [3.8, 4) is 0 Å². The van der Waals surface area contributed by atoms with Gasteiger partial charge in [-0.3, -0.25) is 14.9 Å². The zero-order chi connectivity index (χ0) is 21.1. The van der Waals surface area contributed by atoms with Gasteiger partial charge in [-0.2, -0.15) is 4.98 Å². The lowest BCUT2D eigenvalue weighted by Crippen LogP contribution is -2.23. The first-order chi connectivity index (χ1) is 14.5. The average Bonchev–Trinajstić information content (AvgIpc) is 3.31. The van der Waals surface area contributed by atoms with Gasteiger partial charge in [0.1, 0.15) is 5.52 Å². The van der Waals surface area contributed by atoms with E-state index in [1.54, 1.807) is 19.1 Å². The highest BCUT2D eigenvalue weighted by Crippen LogP contribution is 2.25. The second-order valence-corrected chi connectivity index (χ2v) is 7.04. The summed E-state index contributed by atoms with van der Waals surface area (Å²) in [5.41, 5.74) is 3.67. The SMILES string of the molecule is CCC(=O)NCCCC(=O)c1ccc2c(c1)nc(Nc1nc3ccccc3o1)n2C. The molecule has 4 rings (SSSR count). The molecule has 0 spiro atoms. The maximum absolute atomic E-state index is 12.5. The molecule has 0 saturated heterocycles. The van der Waals surface area contributed by atoms with Gasteiger partial charge in [-0.1, -0.05) is 19.1 Å². The molecule has 0 saturated carbocycles. The first-order valence-electron chi connectivity index (χ1n) is 9.94. The third-order valence-electron chi connectivity index (χ3n) is 4.94. The van der Waals surface area contributed by atoms with Crippen LogP contribution in [0, 0.1) is 0 Å². The van der Waals surface area contributed by atoms with Crippen molar-refractivity contribution in [2.45, 2.75) is 26.2 Å². The molecule has 2 aromatic carbocycles. The van der Waals surface area contributed by atoms with E-state index in [-0.39, 0.29) is 11.7 Å². The minimum absolute atomic E-state index is 0.00340. The number of nitrogens with one attached hydrogen (secondary N) is 2. The molecule has 2 aromatic heterocycles. The van der Waals surface area contributed by atoms with E-state index in [1.807, 2.05) is 41.9 Å². The summed E-state index contributed by atoms with van der Waals surface area (Å²) in [4.78, 5) is 32.8. The standard InChI is InChI=1S/C22H23N5O3/c1-3-20(29)23-12-6-8-18(28)14-10-11-17-16(13-14)24-21(27(17)2)26-22-25-15-7-4-5-9-19(15)30-22/h4-5,7,9-11,13H,3,6,8,12H2,1-2H3,(H,23,29)(H,24,25,26). The van der Waals surface area contributed by atoms with Gasteiger partial charge in [-0.05, 0) is 36.8 Å². The number of fused-ring (bicyclic) bond motifs is 2. The van der Waals surface area contributed by atoms with Crippen LogP contribution in [0.3, 0.4) is 0 Å². The Morgan fingerprint density at radius 2 is 1.93 bits per heavy atom. The van der Waals surface area contributed by atoms with Crippen LogP contribution in [0.15, 0.2) is 46.9 Å². The molecule has 2 N–H and O–H groups in total. The third-order valence-corrected chi connectivity index (χ3v) is 4.94. The molecule has 0 aliphatic rings. The second-order valence-electron chi connectivity index (χ2n) is 7.04. The zero-order valence-corrected chi connectivity index (χ0v) is 16.9. The summed E-state index contributed by atoms with van der Waals surface area (Å²) in [5, 5.41) is 5.89. The molecule has 4 aromatic rings. The van der Waals surface area contributed by atoms with Gasteiger partial charge < -0.3 is 14.3 Å². The predicted octanol–water partition coefficient (Wildman–Crippen LogP) is 3.95. The molecular weight excluding hydrogens is 382 g/mol. The van der Waals surface area contributed by atoms with Crippen LogP contribution in [0.25, 0.3) is 22.1 Å². The number of benzene rings is 2. The second kappa shape index (κ2) is 8.36. The van der Waals surface area contributed by atoms with Crippen molar-refractivity contribution < 1.29 is 14.0 Å². The van der Waals surface area contributed by atoms with Crippen LogP contribution in [0.2, 0.25) is 0 Å². The van der Waals surface area contributed by atoms with Crippen LogP contribution in [0.4, 0.5) is 12.0 Å². The predicted molar refractivity (Wildman–Crippen MR) is 115 cm³/mol. The van der Waals surface area contributed by atoms with Crippen molar-refractivity contribution in [1.82, 2.24) is 19.9 Å². The monoisotopic (exact) mass is 405 g/mol. The number of hydrogen-bond acceptors (Lipinski definition) is 6. The largest absolute Gasteiger partial charge is 0.423 e. The highest BCUT2D eigenvalue weighted by atomic mass is 16.4. The van der Waals surface area contributed by atoms with Crippen molar-refractivity contribution >= 4 is 45.8 Å². The highest BCUT2D eigenvalue weighted by molar-refractivity contribution is 5.99. The zero-order valence-electron chi connectivity index (χ0n) is 16.9. The first kappa shape index (κ1) is 19.6. The minimum atomic E-state index is -0.00340. The number of aryl methyl sites for hydroxylation is 1. The lowest BCUT2D eigenvalue weighted by Gasteiger charge is -2.04. The van der Waals surface area contributed by atoms with E-state index in [2.05, 4.69) is 20.6 Å². The summed E-state index contributed by atoms with van der Waals surface area (Å²) in [6.45, 7) is 2.30. The van der Waals surface area contributed by atoms with E-state index in [9.17, 15) is 9.59 Å². The molecule has 0 unspecified atom stereocenters. The van der Waals surface area contributed by atoms with Crippen LogP contribution < -0.4 is 10.6 Å².